The molecule has 0 spiro atoms. The van der Waals surface area contributed by atoms with Gasteiger partial charge in [-0.3, -0.25) is 10.00 Å². The van der Waals surface area contributed by atoms with Crippen LogP contribution in [0.5, 0.6) is 11.5 Å². The Balaban J connectivity index is 1.40. The Morgan fingerprint density at radius 2 is 1.77 bits per heavy atom. The summed E-state index contributed by atoms with van der Waals surface area (Å²) in [6, 6.07) is 16.1. The number of piperazine rings is 1. The van der Waals surface area contributed by atoms with Gasteiger partial charge in [0.15, 0.2) is 5.82 Å². The summed E-state index contributed by atoms with van der Waals surface area (Å²) in [4.78, 5) is 9.29. The summed E-state index contributed by atoms with van der Waals surface area (Å²) in [7, 11) is 1.66. The molecule has 3 aromatic rings. The van der Waals surface area contributed by atoms with E-state index in [-0.39, 0.29) is 0 Å². The number of hydrogen-bond acceptors (Lipinski definition) is 6. The van der Waals surface area contributed by atoms with Crippen molar-refractivity contribution in [3.05, 3.63) is 53.3 Å². The first-order valence-corrected chi connectivity index (χ1v) is 10.6. The number of para-hydroxylation sites is 2. The molecule has 0 radical (unpaired) electrons. The van der Waals surface area contributed by atoms with Gasteiger partial charge in [0, 0.05) is 31.7 Å². The second-order valence-electron chi connectivity index (χ2n) is 7.16. The Bertz CT molecular complexity index is 1020. The molecule has 0 saturated carbocycles. The number of ether oxygens (including phenoxy) is 2. The van der Waals surface area contributed by atoms with E-state index in [9.17, 15) is 0 Å². The van der Waals surface area contributed by atoms with Crippen LogP contribution in [0.2, 0.25) is 0 Å². The quantitative estimate of drug-likeness (QED) is 0.581. The van der Waals surface area contributed by atoms with E-state index in [0.29, 0.717) is 18.0 Å². The lowest BCUT2D eigenvalue weighted by atomic mass is 10.2. The van der Waals surface area contributed by atoms with Crippen molar-refractivity contribution in [2.24, 2.45) is 0 Å². The van der Waals surface area contributed by atoms with Crippen LogP contribution in [0.3, 0.4) is 0 Å². The van der Waals surface area contributed by atoms with Gasteiger partial charge in [0.2, 0.25) is 4.77 Å². The summed E-state index contributed by atoms with van der Waals surface area (Å²) in [6.45, 7) is 7.16. The number of nitrogens with zero attached hydrogens (tertiary/aromatic N) is 4. The maximum absolute atomic E-state index is 5.79. The van der Waals surface area contributed by atoms with Crippen LogP contribution in [0.4, 0.5) is 5.69 Å². The van der Waals surface area contributed by atoms with Crippen molar-refractivity contribution in [1.29, 1.82) is 0 Å². The molecule has 4 rings (SSSR count). The number of aromatic nitrogens is 3. The normalized spacial score (nSPS) is 14.7. The summed E-state index contributed by atoms with van der Waals surface area (Å²) in [6.07, 6.45) is 0. The van der Waals surface area contributed by atoms with Gasteiger partial charge in [-0.05, 0) is 55.5 Å². The molecule has 2 heterocycles. The number of benzene rings is 2. The molecule has 1 aliphatic heterocycles. The highest BCUT2D eigenvalue weighted by atomic mass is 32.1. The molecule has 0 bridgehead atoms. The number of nitrogens with one attached hydrogen (secondary N) is 1. The SMILES string of the molecule is CCOc1ccccc1N1CCN(Cn2[nH]c(-c3ccc(OC)cc3)nc2=S)CC1. The van der Waals surface area contributed by atoms with E-state index in [1.807, 2.05) is 48.0 Å². The Hall–Kier alpha value is -2.84. The molecule has 1 saturated heterocycles. The number of hydrogen-bond donors (Lipinski definition) is 1. The van der Waals surface area contributed by atoms with Crippen LogP contribution in [0.15, 0.2) is 48.5 Å². The van der Waals surface area contributed by atoms with Crippen molar-refractivity contribution in [2.45, 2.75) is 13.6 Å². The number of rotatable bonds is 7. The fraction of sp³-hybridized carbons (Fsp3) is 0.364. The number of anilines is 1. The van der Waals surface area contributed by atoms with E-state index in [0.717, 1.165) is 49.1 Å². The van der Waals surface area contributed by atoms with Crippen LogP contribution >= 0.6 is 12.2 Å². The van der Waals surface area contributed by atoms with E-state index in [1.165, 1.54) is 5.69 Å². The Labute approximate surface area is 181 Å². The van der Waals surface area contributed by atoms with Crippen molar-refractivity contribution in [1.82, 2.24) is 19.7 Å². The molecule has 0 amide bonds. The molecule has 1 fully saturated rings. The van der Waals surface area contributed by atoms with Gasteiger partial charge < -0.3 is 14.4 Å². The topological polar surface area (TPSA) is 58.5 Å². The van der Waals surface area contributed by atoms with Crippen LogP contribution in [0.25, 0.3) is 11.4 Å². The summed E-state index contributed by atoms with van der Waals surface area (Å²) in [5, 5.41) is 3.34. The van der Waals surface area contributed by atoms with Crippen molar-refractivity contribution < 1.29 is 9.47 Å². The van der Waals surface area contributed by atoms with Gasteiger partial charge in [0.05, 0.1) is 26.1 Å². The molecule has 7 nitrogen and oxygen atoms in total. The minimum absolute atomic E-state index is 0.560. The first-order valence-electron chi connectivity index (χ1n) is 10.2. The van der Waals surface area contributed by atoms with Crippen LogP contribution in [0.1, 0.15) is 6.92 Å². The highest BCUT2D eigenvalue weighted by Crippen LogP contribution is 2.29. The third kappa shape index (κ3) is 4.49. The average molecular weight is 426 g/mol. The van der Waals surface area contributed by atoms with Crippen LogP contribution < -0.4 is 14.4 Å². The molecule has 8 heteroatoms. The predicted molar refractivity (Wildman–Crippen MR) is 121 cm³/mol. The second kappa shape index (κ2) is 9.32. The van der Waals surface area contributed by atoms with E-state index in [2.05, 4.69) is 32.0 Å². The summed E-state index contributed by atoms with van der Waals surface area (Å²) in [5.74, 6) is 2.54. The zero-order valence-electron chi connectivity index (χ0n) is 17.4. The summed E-state index contributed by atoms with van der Waals surface area (Å²) in [5.41, 5.74) is 2.15. The van der Waals surface area contributed by atoms with Gasteiger partial charge in [0.1, 0.15) is 11.5 Å². The third-order valence-corrected chi connectivity index (χ3v) is 5.57. The van der Waals surface area contributed by atoms with E-state index in [1.54, 1.807) is 7.11 Å². The Kier molecular flexibility index (Phi) is 6.35. The molecule has 1 aromatic heterocycles. The van der Waals surface area contributed by atoms with Gasteiger partial charge in [-0.25, -0.2) is 4.68 Å². The van der Waals surface area contributed by atoms with Crippen molar-refractivity contribution in [2.75, 3.05) is 44.8 Å². The lowest BCUT2D eigenvalue weighted by Gasteiger charge is -2.36. The van der Waals surface area contributed by atoms with E-state index in [4.69, 9.17) is 21.7 Å². The molecular weight excluding hydrogens is 398 g/mol. The molecule has 2 aromatic carbocycles. The van der Waals surface area contributed by atoms with Gasteiger partial charge in [-0.15, -0.1) is 0 Å². The third-order valence-electron chi connectivity index (χ3n) is 5.26. The van der Waals surface area contributed by atoms with E-state index < -0.39 is 0 Å². The molecule has 158 valence electrons. The van der Waals surface area contributed by atoms with Crippen molar-refractivity contribution in [3.63, 3.8) is 0 Å². The fourth-order valence-electron chi connectivity index (χ4n) is 3.66. The molecule has 0 atom stereocenters. The number of H-pyrrole nitrogens is 1. The zero-order valence-corrected chi connectivity index (χ0v) is 18.2. The van der Waals surface area contributed by atoms with E-state index >= 15 is 0 Å². The number of methoxy groups -OCH3 is 1. The maximum atomic E-state index is 5.79. The fourth-order valence-corrected chi connectivity index (χ4v) is 3.85. The zero-order chi connectivity index (χ0) is 20.9. The minimum Gasteiger partial charge on any atom is -0.497 e. The lowest BCUT2D eigenvalue weighted by molar-refractivity contribution is 0.194. The maximum Gasteiger partial charge on any atom is 0.217 e. The van der Waals surface area contributed by atoms with Crippen molar-refractivity contribution in [3.8, 4) is 22.9 Å². The highest BCUT2D eigenvalue weighted by Gasteiger charge is 2.20. The summed E-state index contributed by atoms with van der Waals surface area (Å²) >= 11 is 5.48. The van der Waals surface area contributed by atoms with Gasteiger partial charge in [0.25, 0.3) is 0 Å². The van der Waals surface area contributed by atoms with Crippen molar-refractivity contribution >= 4 is 17.9 Å². The Morgan fingerprint density at radius 1 is 1.03 bits per heavy atom. The number of aromatic amines is 1. The minimum atomic E-state index is 0.560. The molecule has 1 aliphatic rings. The van der Waals surface area contributed by atoms with Crippen LogP contribution in [-0.4, -0.2) is 59.6 Å². The lowest BCUT2D eigenvalue weighted by Crippen LogP contribution is -2.47. The predicted octanol–water partition coefficient (Wildman–Crippen LogP) is 3.79. The molecule has 0 aliphatic carbocycles. The van der Waals surface area contributed by atoms with Gasteiger partial charge >= 0.3 is 0 Å². The smallest absolute Gasteiger partial charge is 0.217 e. The molecular formula is C22H27N5O2S. The summed E-state index contributed by atoms with van der Waals surface area (Å²) < 4.78 is 13.5. The first kappa shape index (κ1) is 20.4. The standard InChI is InChI=1S/C22H27N5O2S/c1-3-29-20-7-5-4-6-19(20)26-14-12-25(13-15-26)16-27-22(30)23-21(24-27)17-8-10-18(28-2)11-9-17/h4-11H,3,12-16H2,1-2H3,(H,23,24,30). The molecule has 0 unspecified atom stereocenters. The van der Waals surface area contributed by atoms with Gasteiger partial charge in [-0.2, -0.15) is 4.98 Å². The molecule has 1 N–H and O–H groups in total. The largest absolute Gasteiger partial charge is 0.497 e. The van der Waals surface area contributed by atoms with Crippen LogP contribution in [-0.2, 0) is 6.67 Å². The van der Waals surface area contributed by atoms with Gasteiger partial charge in [-0.1, -0.05) is 12.1 Å². The monoisotopic (exact) mass is 425 g/mol. The highest BCUT2D eigenvalue weighted by molar-refractivity contribution is 7.71. The Morgan fingerprint density at radius 3 is 2.47 bits per heavy atom. The second-order valence-corrected chi connectivity index (χ2v) is 7.52. The van der Waals surface area contributed by atoms with Crippen LogP contribution in [0, 0.1) is 4.77 Å². The first-order chi connectivity index (χ1) is 14.7. The molecule has 30 heavy (non-hydrogen) atoms. The average Bonchev–Trinajstić information content (AvgIpc) is 3.15.